The van der Waals surface area contributed by atoms with Crippen LogP contribution >= 0.6 is 11.8 Å². The number of carbonyl (C=O) groups excluding carboxylic acids is 1. The molecule has 1 unspecified atom stereocenters. The van der Waals surface area contributed by atoms with Gasteiger partial charge in [0.2, 0.25) is 5.91 Å². The summed E-state index contributed by atoms with van der Waals surface area (Å²) in [6, 6.07) is 7.82. The van der Waals surface area contributed by atoms with Gasteiger partial charge in [0.1, 0.15) is 0 Å². The number of carbonyl (C=O) groups is 1. The maximum atomic E-state index is 12.3. The molecule has 2 heterocycles. The van der Waals surface area contributed by atoms with Crippen LogP contribution in [0, 0.1) is 0 Å². The Morgan fingerprint density at radius 1 is 1.41 bits per heavy atom. The maximum Gasteiger partial charge on any atom is 0.246 e. The van der Waals surface area contributed by atoms with Crippen molar-refractivity contribution in [3.63, 3.8) is 0 Å². The first-order valence-corrected chi connectivity index (χ1v) is 6.87. The summed E-state index contributed by atoms with van der Waals surface area (Å²) in [6.45, 7) is 2.15. The minimum atomic E-state index is 0.0713. The van der Waals surface area contributed by atoms with Crippen molar-refractivity contribution in [3.05, 3.63) is 24.3 Å². The summed E-state index contributed by atoms with van der Waals surface area (Å²) in [6.07, 6.45) is 3.19. The molecule has 3 rings (SSSR count). The molecule has 0 fully saturated rings. The van der Waals surface area contributed by atoms with Crippen molar-refractivity contribution in [1.29, 1.82) is 0 Å². The van der Waals surface area contributed by atoms with Crippen LogP contribution in [0.5, 0.6) is 0 Å². The Kier molecular flexibility index (Phi) is 2.67. The monoisotopic (exact) mass is 246 g/mol. The SMILES string of the molecule is CCCCC1Sc2nc3ccccc3n2C1=O. The molecule has 4 heteroatoms. The van der Waals surface area contributed by atoms with E-state index in [4.69, 9.17) is 0 Å². The summed E-state index contributed by atoms with van der Waals surface area (Å²) >= 11 is 1.61. The van der Waals surface area contributed by atoms with Crippen LogP contribution in [0.4, 0.5) is 0 Å². The minimum absolute atomic E-state index is 0.0713. The van der Waals surface area contributed by atoms with Crippen molar-refractivity contribution in [2.24, 2.45) is 0 Å². The van der Waals surface area contributed by atoms with E-state index in [1.807, 2.05) is 24.3 Å². The van der Waals surface area contributed by atoms with Crippen LogP contribution in [0.25, 0.3) is 11.0 Å². The molecule has 1 aromatic heterocycles. The van der Waals surface area contributed by atoms with Gasteiger partial charge in [0, 0.05) is 0 Å². The molecule has 0 spiro atoms. The summed E-state index contributed by atoms with van der Waals surface area (Å²) in [4.78, 5) is 16.8. The molecule has 2 aromatic rings. The topological polar surface area (TPSA) is 34.9 Å². The fourth-order valence-electron chi connectivity index (χ4n) is 2.19. The molecule has 1 aromatic carbocycles. The van der Waals surface area contributed by atoms with Crippen LogP contribution in [0.1, 0.15) is 31.0 Å². The molecule has 0 aliphatic carbocycles. The van der Waals surface area contributed by atoms with E-state index in [2.05, 4.69) is 11.9 Å². The summed E-state index contributed by atoms with van der Waals surface area (Å²) in [5.41, 5.74) is 1.86. The number of fused-ring (bicyclic) bond motifs is 3. The van der Waals surface area contributed by atoms with Gasteiger partial charge in [-0.15, -0.1) is 0 Å². The van der Waals surface area contributed by atoms with Gasteiger partial charge in [0.05, 0.1) is 16.3 Å². The van der Waals surface area contributed by atoms with Crippen molar-refractivity contribution < 1.29 is 4.79 Å². The highest BCUT2D eigenvalue weighted by molar-refractivity contribution is 8.00. The standard InChI is InChI=1S/C13H14N2OS/c1-2-3-8-11-12(16)15-10-7-5-4-6-9(10)14-13(15)17-11/h4-7,11H,2-3,8H2,1H3. The second-order valence-corrected chi connectivity index (χ2v) is 5.48. The van der Waals surface area contributed by atoms with Crippen LogP contribution in [-0.4, -0.2) is 20.7 Å². The number of nitrogens with zero attached hydrogens (tertiary/aromatic N) is 2. The fourth-order valence-corrected chi connectivity index (χ4v) is 3.38. The molecule has 1 atom stereocenters. The first-order valence-electron chi connectivity index (χ1n) is 5.99. The molecular formula is C13H14N2OS. The third-order valence-corrected chi connectivity index (χ3v) is 4.30. The molecule has 17 heavy (non-hydrogen) atoms. The van der Waals surface area contributed by atoms with E-state index in [0.717, 1.165) is 35.5 Å². The molecular weight excluding hydrogens is 232 g/mol. The Bertz CT molecular complexity index is 576. The van der Waals surface area contributed by atoms with Crippen LogP contribution in [0.2, 0.25) is 0 Å². The van der Waals surface area contributed by atoms with E-state index in [9.17, 15) is 4.79 Å². The number of hydrogen-bond acceptors (Lipinski definition) is 3. The van der Waals surface area contributed by atoms with Gasteiger partial charge in [-0.3, -0.25) is 9.36 Å². The zero-order valence-electron chi connectivity index (χ0n) is 9.72. The number of unbranched alkanes of at least 4 members (excludes halogenated alkanes) is 1. The van der Waals surface area contributed by atoms with Crippen LogP contribution in [0.3, 0.4) is 0 Å². The molecule has 3 nitrogen and oxygen atoms in total. The number of thioether (sulfide) groups is 1. The van der Waals surface area contributed by atoms with Crippen molar-refractivity contribution in [2.75, 3.05) is 0 Å². The predicted octanol–water partition coefficient (Wildman–Crippen LogP) is 3.34. The molecule has 1 aliphatic heterocycles. The third-order valence-electron chi connectivity index (χ3n) is 3.09. The Hall–Kier alpha value is -1.29. The minimum Gasteiger partial charge on any atom is -0.273 e. The number of para-hydroxylation sites is 2. The van der Waals surface area contributed by atoms with E-state index in [1.54, 1.807) is 16.3 Å². The Balaban J connectivity index is 1.98. The molecule has 0 saturated heterocycles. The second kappa shape index (κ2) is 4.18. The van der Waals surface area contributed by atoms with Crippen molar-refractivity contribution in [1.82, 2.24) is 9.55 Å². The van der Waals surface area contributed by atoms with Gasteiger partial charge in [-0.25, -0.2) is 4.98 Å². The lowest BCUT2D eigenvalue weighted by molar-refractivity contribution is 0.0911. The highest BCUT2D eigenvalue weighted by Crippen LogP contribution is 2.36. The van der Waals surface area contributed by atoms with Crippen LogP contribution in [-0.2, 0) is 0 Å². The van der Waals surface area contributed by atoms with Crippen LogP contribution < -0.4 is 0 Å². The molecule has 88 valence electrons. The van der Waals surface area contributed by atoms with Crippen LogP contribution in [0.15, 0.2) is 29.4 Å². The van der Waals surface area contributed by atoms with Crippen molar-refractivity contribution in [2.45, 2.75) is 36.6 Å². The molecule has 0 saturated carbocycles. The summed E-state index contributed by atoms with van der Waals surface area (Å²) < 4.78 is 1.78. The van der Waals surface area contributed by atoms with Gasteiger partial charge >= 0.3 is 0 Å². The molecule has 1 aliphatic rings. The van der Waals surface area contributed by atoms with Crippen molar-refractivity contribution >= 4 is 28.7 Å². The van der Waals surface area contributed by atoms with Gasteiger partial charge in [0.15, 0.2) is 5.16 Å². The Morgan fingerprint density at radius 2 is 2.24 bits per heavy atom. The van der Waals surface area contributed by atoms with E-state index in [0.29, 0.717) is 0 Å². The number of aromatic nitrogens is 2. The Labute approximate surface area is 104 Å². The van der Waals surface area contributed by atoms with E-state index in [-0.39, 0.29) is 11.2 Å². The third kappa shape index (κ3) is 1.67. The average Bonchev–Trinajstić information content (AvgIpc) is 2.84. The predicted molar refractivity (Wildman–Crippen MR) is 69.5 cm³/mol. The first kappa shape index (κ1) is 10.8. The number of imidazole rings is 1. The van der Waals surface area contributed by atoms with Gasteiger partial charge in [-0.2, -0.15) is 0 Å². The molecule has 0 N–H and O–H groups in total. The summed E-state index contributed by atoms with van der Waals surface area (Å²) in [5.74, 6) is 0.201. The lowest BCUT2D eigenvalue weighted by Gasteiger charge is -2.05. The van der Waals surface area contributed by atoms with Gasteiger partial charge in [-0.1, -0.05) is 43.7 Å². The van der Waals surface area contributed by atoms with Gasteiger partial charge < -0.3 is 0 Å². The fraction of sp³-hybridized carbons (Fsp3) is 0.385. The van der Waals surface area contributed by atoms with Gasteiger partial charge in [-0.05, 0) is 18.6 Å². The van der Waals surface area contributed by atoms with Crippen molar-refractivity contribution in [3.8, 4) is 0 Å². The summed E-state index contributed by atoms with van der Waals surface area (Å²) in [7, 11) is 0. The number of hydrogen-bond donors (Lipinski definition) is 0. The average molecular weight is 246 g/mol. The zero-order valence-corrected chi connectivity index (χ0v) is 10.5. The largest absolute Gasteiger partial charge is 0.273 e. The molecule has 0 amide bonds. The summed E-state index contributed by atoms with van der Waals surface area (Å²) in [5, 5.41) is 0.930. The lowest BCUT2D eigenvalue weighted by Crippen LogP contribution is -2.17. The highest BCUT2D eigenvalue weighted by atomic mass is 32.2. The lowest BCUT2D eigenvalue weighted by atomic mass is 10.2. The molecule has 0 radical (unpaired) electrons. The normalized spacial score (nSPS) is 18.9. The molecule has 0 bridgehead atoms. The van der Waals surface area contributed by atoms with E-state index < -0.39 is 0 Å². The van der Waals surface area contributed by atoms with E-state index in [1.165, 1.54) is 0 Å². The smallest absolute Gasteiger partial charge is 0.246 e. The first-order chi connectivity index (χ1) is 8.31. The second-order valence-electron chi connectivity index (χ2n) is 4.31. The quantitative estimate of drug-likeness (QED) is 0.833. The number of rotatable bonds is 3. The zero-order chi connectivity index (χ0) is 11.8. The van der Waals surface area contributed by atoms with Gasteiger partial charge in [0.25, 0.3) is 0 Å². The van der Waals surface area contributed by atoms with E-state index >= 15 is 0 Å². The highest BCUT2D eigenvalue weighted by Gasteiger charge is 2.33. The number of benzene rings is 1. The maximum absolute atomic E-state index is 12.3. The Morgan fingerprint density at radius 3 is 3.06 bits per heavy atom.